The summed E-state index contributed by atoms with van der Waals surface area (Å²) >= 11 is 6.38. The number of fused-ring (bicyclic) bond motifs is 1. The van der Waals surface area contributed by atoms with Gasteiger partial charge in [0.1, 0.15) is 23.3 Å². The van der Waals surface area contributed by atoms with Crippen molar-refractivity contribution in [2.45, 2.75) is 18.9 Å². The zero-order chi connectivity index (χ0) is 21.2. The maximum absolute atomic E-state index is 13.1. The fourth-order valence-corrected chi connectivity index (χ4v) is 3.83. The number of halogens is 1. The number of benzene rings is 1. The molecule has 1 aromatic carbocycles. The molecule has 1 atom stereocenters. The summed E-state index contributed by atoms with van der Waals surface area (Å²) in [6.07, 6.45) is 4.46. The van der Waals surface area contributed by atoms with Gasteiger partial charge in [-0.15, -0.1) is 0 Å². The lowest BCUT2D eigenvalue weighted by atomic mass is 10.1. The van der Waals surface area contributed by atoms with Gasteiger partial charge in [-0.1, -0.05) is 11.6 Å². The Morgan fingerprint density at radius 3 is 2.65 bits per heavy atom. The first kappa shape index (κ1) is 19.6. The highest BCUT2D eigenvalue weighted by Crippen LogP contribution is 2.38. The summed E-state index contributed by atoms with van der Waals surface area (Å²) in [4.78, 5) is 13.1. The van der Waals surface area contributed by atoms with Crippen LogP contribution in [0, 0.1) is 0 Å². The predicted octanol–water partition coefficient (Wildman–Crippen LogP) is 4.48. The van der Waals surface area contributed by atoms with E-state index in [2.05, 4.69) is 10.4 Å². The summed E-state index contributed by atoms with van der Waals surface area (Å²) in [6, 6.07) is 10.3. The normalized spacial score (nSPS) is 17.9. The maximum atomic E-state index is 13.1. The molecule has 31 heavy (non-hydrogen) atoms. The van der Waals surface area contributed by atoms with Crippen LogP contribution < -0.4 is 14.8 Å². The van der Waals surface area contributed by atoms with Gasteiger partial charge >= 0.3 is 0 Å². The first-order chi connectivity index (χ1) is 15.2. The van der Waals surface area contributed by atoms with Crippen molar-refractivity contribution in [1.29, 1.82) is 0 Å². The number of hydrogen-bond acceptors (Lipinski definition) is 7. The smallest absolute Gasteiger partial charge is 0.262 e. The van der Waals surface area contributed by atoms with Crippen LogP contribution in [0.15, 0.2) is 62.9 Å². The zero-order valence-corrected chi connectivity index (χ0v) is 17.3. The van der Waals surface area contributed by atoms with Gasteiger partial charge in [-0.25, -0.2) is 5.01 Å². The molecule has 1 amide bonds. The third kappa shape index (κ3) is 3.98. The van der Waals surface area contributed by atoms with E-state index in [9.17, 15) is 4.79 Å². The number of carbonyl (C=O) groups is 1. The SMILES string of the molecule is O=C(CNc1cc2c(cc1Cl)OCCCO2)N1N=C(c2ccco2)C[C@H]1c1ccco1. The van der Waals surface area contributed by atoms with Crippen LogP contribution in [-0.2, 0) is 4.79 Å². The average Bonchev–Trinajstić information content (AvgIpc) is 3.51. The van der Waals surface area contributed by atoms with Crippen LogP contribution in [0.3, 0.4) is 0 Å². The molecule has 2 aromatic heterocycles. The minimum absolute atomic E-state index is 0.00843. The molecule has 160 valence electrons. The van der Waals surface area contributed by atoms with E-state index in [-0.39, 0.29) is 18.5 Å². The molecule has 3 aromatic rings. The van der Waals surface area contributed by atoms with E-state index in [1.807, 2.05) is 12.1 Å². The number of carbonyl (C=O) groups excluding carboxylic acids is 1. The Balaban J connectivity index is 1.34. The van der Waals surface area contributed by atoms with E-state index < -0.39 is 0 Å². The van der Waals surface area contributed by atoms with Crippen LogP contribution in [0.25, 0.3) is 0 Å². The Bertz CT molecular complexity index is 1090. The summed E-state index contributed by atoms with van der Waals surface area (Å²) < 4.78 is 22.4. The van der Waals surface area contributed by atoms with Crippen LogP contribution in [-0.4, -0.2) is 36.4 Å². The second kappa shape index (κ2) is 8.39. The number of rotatable bonds is 5. The van der Waals surface area contributed by atoms with Crippen LogP contribution in [0.2, 0.25) is 5.02 Å². The number of hydrazone groups is 1. The molecule has 0 bridgehead atoms. The Morgan fingerprint density at radius 1 is 1.13 bits per heavy atom. The van der Waals surface area contributed by atoms with Gasteiger partial charge in [0.15, 0.2) is 11.5 Å². The average molecular weight is 442 g/mol. The Labute approximate surface area is 183 Å². The Morgan fingerprint density at radius 2 is 1.90 bits per heavy atom. The first-order valence-corrected chi connectivity index (χ1v) is 10.4. The van der Waals surface area contributed by atoms with E-state index >= 15 is 0 Å². The molecule has 9 heteroatoms. The fraction of sp³-hybridized carbons (Fsp3) is 0.273. The van der Waals surface area contributed by atoms with Crippen molar-refractivity contribution in [1.82, 2.24) is 5.01 Å². The topological polar surface area (TPSA) is 89.4 Å². The fourth-order valence-electron chi connectivity index (χ4n) is 3.61. The third-order valence-corrected chi connectivity index (χ3v) is 5.42. The number of nitrogens with one attached hydrogen (secondary N) is 1. The molecular formula is C22H20ClN3O5. The molecular weight excluding hydrogens is 422 g/mol. The molecule has 0 fully saturated rings. The number of ether oxygens (including phenoxy) is 2. The van der Waals surface area contributed by atoms with Crippen molar-refractivity contribution >= 4 is 28.9 Å². The van der Waals surface area contributed by atoms with Crippen LogP contribution in [0.1, 0.15) is 30.4 Å². The number of amides is 1. The van der Waals surface area contributed by atoms with Gasteiger partial charge in [-0.3, -0.25) is 4.79 Å². The van der Waals surface area contributed by atoms with Gasteiger partial charge < -0.3 is 23.6 Å². The monoisotopic (exact) mass is 441 g/mol. The van der Waals surface area contributed by atoms with E-state index in [4.69, 9.17) is 29.9 Å². The Hall–Kier alpha value is -3.39. The molecule has 0 saturated heterocycles. The van der Waals surface area contributed by atoms with Gasteiger partial charge in [0, 0.05) is 25.0 Å². The lowest BCUT2D eigenvalue weighted by Gasteiger charge is -2.20. The van der Waals surface area contributed by atoms with Crippen molar-refractivity contribution in [3.8, 4) is 11.5 Å². The molecule has 4 heterocycles. The number of anilines is 1. The van der Waals surface area contributed by atoms with Crippen LogP contribution in [0.4, 0.5) is 5.69 Å². The molecule has 0 aliphatic carbocycles. The molecule has 8 nitrogen and oxygen atoms in total. The summed E-state index contributed by atoms with van der Waals surface area (Å²) in [6.45, 7) is 1.13. The summed E-state index contributed by atoms with van der Waals surface area (Å²) in [5.41, 5.74) is 1.27. The van der Waals surface area contributed by atoms with Crippen molar-refractivity contribution in [3.63, 3.8) is 0 Å². The van der Waals surface area contributed by atoms with Gasteiger partial charge in [-0.05, 0) is 24.3 Å². The molecule has 0 radical (unpaired) electrons. The van der Waals surface area contributed by atoms with Crippen molar-refractivity contribution in [3.05, 3.63) is 65.5 Å². The first-order valence-electron chi connectivity index (χ1n) is 9.99. The number of nitrogens with zero attached hydrogens (tertiary/aromatic N) is 2. The quantitative estimate of drug-likeness (QED) is 0.628. The number of furan rings is 2. The van der Waals surface area contributed by atoms with Crippen molar-refractivity contribution < 1.29 is 23.1 Å². The summed E-state index contributed by atoms with van der Waals surface area (Å²) in [5, 5.41) is 9.48. The van der Waals surface area contributed by atoms with E-state index in [0.717, 1.165) is 6.42 Å². The van der Waals surface area contributed by atoms with E-state index in [1.54, 1.807) is 36.8 Å². The lowest BCUT2D eigenvalue weighted by Crippen LogP contribution is -2.32. The maximum Gasteiger partial charge on any atom is 0.262 e. The highest BCUT2D eigenvalue weighted by molar-refractivity contribution is 6.33. The standard InChI is InChI=1S/C22H20ClN3O5/c23-14-10-20-21(31-9-3-8-30-20)12-15(14)24-13-22(27)26-17(19-5-2-7-29-19)11-16(25-26)18-4-1-6-28-18/h1-2,4-7,10,12,17,24H,3,8-9,11,13H2/t17-/m0/s1. The highest BCUT2D eigenvalue weighted by atomic mass is 35.5. The predicted molar refractivity (Wildman–Crippen MR) is 114 cm³/mol. The van der Waals surface area contributed by atoms with Gasteiger partial charge in [0.2, 0.25) is 0 Å². The Kier molecular flexibility index (Phi) is 5.30. The molecule has 0 unspecified atom stereocenters. The van der Waals surface area contributed by atoms with Gasteiger partial charge in [0.25, 0.3) is 5.91 Å². The second-order valence-corrected chi connectivity index (χ2v) is 7.59. The summed E-state index contributed by atoms with van der Waals surface area (Å²) in [5.74, 6) is 2.26. The molecule has 1 N–H and O–H groups in total. The highest BCUT2D eigenvalue weighted by Gasteiger charge is 2.35. The molecule has 2 aliphatic heterocycles. The van der Waals surface area contributed by atoms with Crippen molar-refractivity contribution in [2.75, 3.05) is 25.1 Å². The lowest BCUT2D eigenvalue weighted by molar-refractivity contribution is -0.131. The van der Waals surface area contributed by atoms with E-state index in [1.165, 1.54) is 5.01 Å². The van der Waals surface area contributed by atoms with Crippen molar-refractivity contribution in [2.24, 2.45) is 5.10 Å². The molecule has 2 aliphatic rings. The summed E-state index contributed by atoms with van der Waals surface area (Å²) in [7, 11) is 0. The third-order valence-electron chi connectivity index (χ3n) is 5.11. The van der Waals surface area contributed by atoms with Gasteiger partial charge in [-0.2, -0.15) is 5.10 Å². The minimum Gasteiger partial charge on any atom is -0.490 e. The van der Waals surface area contributed by atoms with Crippen LogP contribution in [0.5, 0.6) is 11.5 Å². The van der Waals surface area contributed by atoms with Crippen LogP contribution >= 0.6 is 11.6 Å². The van der Waals surface area contributed by atoms with Gasteiger partial charge in [0.05, 0.1) is 43.0 Å². The molecule has 0 spiro atoms. The minimum atomic E-state index is -0.344. The molecule has 0 saturated carbocycles. The zero-order valence-electron chi connectivity index (χ0n) is 16.5. The second-order valence-electron chi connectivity index (χ2n) is 7.18. The largest absolute Gasteiger partial charge is 0.490 e. The number of hydrogen-bond donors (Lipinski definition) is 1. The van der Waals surface area contributed by atoms with E-state index in [0.29, 0.717) is 59.1 Å². The molecule has 5 rings (SSSR count).